The zero-order valence-electron chi connectivity index (χ0n) is 7.50. The van der Waals surface area contributed by atoms with Crippen molar-refractivity contribution in [1.29, 1.82) is 0 Å². The zero-order valence-corrected chi connectivity index (χ0v) is 7.50. The van der Waals surface area contributed by atoms with Gasteiger partial charge < -0.3 is 10.1 Å². The van der Waals surface area contributed by atoms with Gasteiger partial charge in [-0.05, 0) is 24.6 Å². The molecule has 0 unspecified atom stereocenters. The van der Waals surface area contributed by atoms with E-state index in [2.05, 4.69) is 10.3 Å². The van der Waals surface area contributed by atoms with Gasteiger partial charge in [0.1, 0.15) is 5.82 Å². The lowest BCUT2D eigenvalue weighted by atomic mass is 10.3. The van der Waals surface area contributed by atoms with Crippen LogP contribution in [0.4, 0.5) is 5.82 Å². The van der Waals surface area contributed by atoms with Crippen molar-refractivity contribution in [1.82, 2.24) is 4.98 Å². The van der Waals surface area contributed by atoms with Gasteiger partial charge in [0.15, 0.2) is 0 Å². The highest BCUT2D eigenvalue weighted by molar-refractivity contribution is 5.36. The van der Waals surface area contributed by atoms with E-state index in [-0.39, 0.29) is 0 Å². The fourth-order valence-electron chi connectivity index (χ4n) is 0.921. The van der Waals surface area contributed by atoms with E-state index in [1.54, 1.807) is 6.20 Å². The molecule has 66 valence electrons. The fourth-order valence-corrected chi connectivity index (χ4v) is 0.921. The highest BCUT2D eigenvalue weighted by Crippen LogP contribution is 2.06. The maximum atomic E-state index is 5.26. The van der Waals surface area contributed by atoms with Gasteiger partial charge >= 0.3 is 0 Å². The Bertz CT molecular complexity index is 238. The number of ether oxygens (including phenoxy) is 1. The summed E-state index contributed by atoms with van der Waals surface area (Å²) in [7, 11) is 1.85. The van der Waals surface area contributed by atoms with Gasteiger partial charge in [-0.2, -0.15) is 0 Å². The van der Waals surface area contributed by atoms with E-state index in [1.807, 2.05) is 26.1 Å². The summed E-state index contributed by atoms with van der Waals surface area (Å²) in [5.74, 6) is 0.882. The first-order chi connectivity index (χ1) is 5.86. The summed E-state index contributed by atoms with van der Waals surface area (Å²) in [6, 6.07) is 3.94. The summed E-state index contributed by atoms with van der Waals surface area (Å²) in [6.45, 7) is 3.39. The van der Waals surface area contributed by atoms with Crippen LogP contribution in [-0.4, -0.2) is 18.6 Å². The Balaban J connectivity index is 2.60. The van der Waals surface area contributed by atoms with Gasteiger partial charge in [-0.15, -0.1) is 0 Å². The van der Waals surface area contributed by atoms with Crippen LogP contribution >= 0.6 is 0 Å². The lowest BCUT2D eigenvalue weighted by molar-refractivity contribution is 0.134. The Hall–Kier alpha value is -1.09. The lowest BCUT2D eigenvalue weighted by Crippen LogP contribution is -1.96. The summed E-state index contributed by atoms with van der Waals surface area (Å²) in [5, 5.41) is 2.98. The van der Waals surface area contributed by atoms with Crippen molar-refractivity contribution in [2.24, 2.45) is 0 Å². The van der Waals surface area contributed by atoms with Crippen molar-refractivity contribution in [2.45, 2.75) is 13.5 Å². The van der Waals surface area contributed by atoms with Crippen LogP contribution in [0, 0.1) is 0 Å². The van der Waals surface area contributed by atoms with Gasteiger partial charge in [0.25, 0.3) is 0 Å². The zero-order chi connectivity index (χ0) is 8.81. The highest BCUT2D eigenvalue weighted by Gasteiger charge is 1.94. The summed E-state index contributed by atoms with van der Waals surface area (Å²) in [4.78, 5) is 4.10. The molecule has 3 heteroatoms. The minimum absolute atomic E-state index is 0.660. The molecule has 0 amide bonds. The maximum absolute atomic E-state index is 5.26. The molecule has 0 aliphatic carbocycles. The van der Waals surface area contributed by atoms with Crippen molar-refractivity contribution < 1.29 is 4.74 Å². The lowest BCUT2D eigenvalue weighted by Gasteiger charge is -2.03. The molecule has 1 N–H and O–H groups in total. The van der Waals surface area contributed by atoms with E-state index in [9.17, 15) is 0 Å². The molecule has 1 aromatic rings. The fraction of sp³-hybridized carbons (Fsp3) is 0.444. The number of hydrogen-bond donors (Lipinski definition) is 1. The van der Waals surface area contributed by atoms with Crippen LogP contribution in [0.3, 0.4) is 0 Å². The van der Waals surface area contributed by atoms with Gasteiger partial charge in [-0.1, -0.05) is 0 Å². The van der Waals surface area contributed by atoms with Crippen LogP contribution < -0.4 is 5.32 Å². The quantitative estimate of drug-likeness (QED) is 0.738. The molecule has 3 nitrogen and oxygen atoms in total. The van der Waals surface area contributed by atoms with Gasteiger partial charge in [0.05, 0.1) is 6.61 Å². The standard InChI is InChI=1S/C9H14N2O/c1-3-12-7-8-4-5-11-9(6-8)10-2/h4-6H,3,7H2,1-2H3,(H,10,11). The number of pyridine rings is 1. The molecule has 0 saturated carbocycles. The van der Waals surface area contributed by atoms with Gasteiger partial charge in [-0.3, -0.25) is 0 Å². The molecular formula is C9H14N2O. The Kier molecular flexibility index (Phi) is 3.54. The second kappa shape index (κ2) is 4.72. The van der Waals surface area contributed by atoms with Gasteiger partial charge in [0.2, 0.25) is 0 Å². The average Bonchev–Trinajstić information content (AvgIpc) is 2.15. The van der Waals surface area contributed by atoms with E-state index >= 15 is 0 Å². The molecule has 1 heterocycles. The first-order valence-electron chi connectivity index (χ1n) is 4.07. The van der Waals surface area contributed by atoms with Crippen molar-refractivity contribution in [2.75, 3.05) is 19.0 Å². The predicted molar refractivity (Wildman–Crippen MR) is 49.1 cm³/mol. The molecule has 0 atom stereocenters. The van der Waals surface area contributed by atoms with Crippen LogP contribution in [0.25, 0.3) is 0 Å². The Morgan fingerprint density at radius 1 is 1.58 bits per heavy atom. The van der Waals surface area contributed by atoms with Crippen molar-refractivity contribution >= 4 is 5.82 Å². The Morgan fingerprint density at radius 3 is 3.08 bits per heavy atom. The number of rotatable bonds is 4. The summed E-state index contributed by atoms with van der Waals surface area (Å²) in [5.41, 5.74) is 1.15. The van der Waals surface area contributed by atoms with E-state index in [4.69, 9.17) is 4.74 Å². The molecule has 1 aromatic heterocycles. The minimum atomic E-state index is 0.660. The van der Waals surface area contributed by atoms with Gasteiger partial charge in [-0.25, -0.2) is 4.98 Å². The monoisotopic (exact) mass is 166 g/mol. The molecule has 0 fully saturated rings. The van der Waals surface area contributed by atoms with Crippen LogP contribution in [0.2, 0.25) is 0 Å². The van der Waals surface area contributed by atoms with Crippen molar-refractivity contribution in [3.63, 3.8) is 0 Å². The van der Waals surface area contributed by atoms with E-state index < -0.39 is 0 Å². The molecule has 0 saturated heterocycles. The second-order valence-corrected chi connectivity index (χ2v) is 2.44. The third-order valence-electron chi connectivity index (χ3n) is 1.55. The van der Waals surface area contributed by atoms with Gasteiger partial charge in [0, 0.05) is 19.9 Å². The third kappa shape index (κ3) is 2.51. The van der Waals surface area contributed by atoms with Crippen LogP contribution in [0.15, 0.2) is 18.3 Å². The summed E-state index contributed by atoms with van der Waals surface area (Å²) in [6.07, 6.45) is 1.78. The minimum Gasteiger partial charge on any atom is -0.377 e. The molecule has 1 rings (SSSR count). The molecule has 0 aliphatic heterocycles. The van der Waals surface area contributed by atoms with Crippen LogP contribution in [0.1, 0.15) is 12.5 Å². The Morgan fingerprint density at radius 2 is 2.42 bits per heavy atom. The third-order valence-corrected chi connectivity index (χ3v) is 1.55. The molecular weight excluding hydrogens is 152 g/mol. The number of nitrogens with one attached hydrogen (secondary N) is 1. The topological polar surface area (TPSA) is 34.1 Å². The molecule has 0 radical (unpaired) electrons. The number of anilines is 1. The molecule has 0 aromatic carbocycles. The molecule has 0 spiro atoms. The van der Waals surface area contributed by atoms with Crippen molar-refractivity contribution in [3.8, 4) is 0 Å². The first-order valence-corrected chi connectivity index (χ1v) is 4.07. The largest absolute Gasteiger partial charge is 0.377 e. The van der Waals surface area contributed by atoms with Crippen molar-refractivity contribution in [3.05, 3.63) is 23.9 Å². The van der Waals surface area contributed by atoms with E-state index in [0.717, 1.165) is 18.0 Å². The summed E-state index contributed by atoms with van der Waals surface area (Å²) < 4.78 is 5.26. The number of aromatic nitrogens is 1. The maximum Gasteiger partial charge on any atom is 0.125 e. The normalized spacial score (nSPS) is 9.83. The first kappa shape index (κ1) is 9.00. The molecule has 12 heavy (non-hydrogen) atoms. The number of nitrogens with zero attached hydrogens (tertiary/aromatic N) is 1. The van der Waals surface area contributed by atoms with Crippen LogP contribution in [0.5, 0.6) is 0 Å². The van der Waals surface area contributed by atoms with Crippen LogP contribution in [-0.2, 0) is 11.3 Å². The molecule has 0 bridgehead atoms. The van der Waals surface area contributed by atoms with E-state index in [1.165, 1.54) is 0 Å². The smallest absolute Gasteiger partial charge is 0.125 e. The average molecular weight is 166 g/mol. The summed E-state index contributed by atoms with van der Waals surface area (Å²) >= 11 is 0. The second-order valence-electron chi connectivity index (χ2n) is 2.44. The number of hydrogen-bond acceptors (Lipinski definition) is 3. The highest BCUT2D eigenvalue weighted by atomic mass is 16.5. The SMILES string of the molecule is CCOCc1ccnc(NC)c1. The predicted octanol–water partition coefficient (Wildman–Crippen LogP) is 1.66. The Labute approximate surface area is 72.8 Å². The molecule has 0 aliphatic rings. The van der Waals surface area contributed by atoms with E-state index in [0.29, 0.717) is 6.61 Å².